The van der Waals surface area contributed by atoms with Gasteiger partial charge in [0.05, 0.1) is 0 Å². The van der Waals surface area contributed by atoms with Gasteiger partial charge in [0.25, 0.3) is 0 Å². The molecular formula is C16H21N3O3. The van der Waals surface area contributed by atoms with Crippen molar-refractivity contribution in [3.05, 3.63) is 24.3 Å². The Morgan fingerprint density at radius 1 is 1.27 bits per heavy atom. The van der Waals surface area contributed by atoms with Gasteiger partial charge in [0.2, 0.25) is 17.7 Å². The van der Waals surface area contributed by atoms with Gasteiger partial charge in [0.15, 0.2) is 0 Å². The highest BCUT2D eigenvalue weighted by molar-refractivity contribution is 6.01. The number of hydrogen-bond donors (Lipinski definition) is 1. The number of rotatable bonds is 6. The number of amides is 3. The monoisotopic (exact) mass is 303 g/mol. The maximum absolute atomic E-state index is 11.6. The number of hydrogen-bond acceptors (Lipinski definition) is 4. The fourth-order valence-corrected chi connectivity index (χ4v) is 2.55. The third kappa shape index (κ3) is 3.84. The summed E-state index contributed by atoms with van der Waals surface area (Å²) < 4.78 is 0. The van der Waals surface area contributed by atoms with Gasteiger partial charge in [-0.3, -0.25) is 19.3 Å². The zero-order chi connectivity index (χ0) is 16.1. The van der Waals surface area contributed by atoms with Gasteiger partial charge >= 0.3 is 0 Å². The molecule has 1 fully saturated rings. The van der Waals surface area contributed by atoms with Crippen LogP contribution in [0.4, 0.5) is 11.4 Å². The first kappa shape index (κ1) is 16.0. The molecule has 0 unspecified atom stereocenters. The average molecular weight is 303 g/mol. The third-order valence-corrected chi connectivity index (χ3v) is 3.66. The fraction of sp³-hybridized carbons (Fsp3) is 0.438. The molecule has 22 heavy (non-hydrogen) atoms. The highest BCUT2D eigenvalue weighted by atomic mass is 16.2. The van der Waals surface area contributed by atoms with Crippen molar-refractivity contribution in [2.24, 2.45) is 0 Å². The summed E-state index contributed by atoms with van der Waals surface area (Å²) in [5.74, 6) is -0.297. The Morgan fingerprint density at radius 3 is 2.55 bits per heavy atom. The number of carbonyl (C=O) groups excluding carboxylic acids is 3. The van der Waals surface area contributed by atoms with E-state index in [2.05, 4.69) is 10.2 Å². The molecule has 1 aliphatic heterocycles. The maximum atomic E-state index is 11.6. The van der Waals surface area contributed by atoms with E-state index >= 15 is 0 Å². The largest absolute Gasteiger partial charge is 0.370 e. The number of imide groups is 1. The number of nitrogens with one attached hydrogen (secondary N) is 1. The van der Waals surface area contributed by atoms with Crippen LogP contribution in [-0.2, 0) is 14.4 Å². The van der Waals surface area contributed by atoms with Gasteiger partial charge in [0, 0.05) is 50.8 Å². The molecule has 0 aromatic heterocycles. The molecule has 0 saturated carbocycles. The summed E-state index contributed by atoms with van der Waals surface area (Å²) in [5.41, 5.74) is 1.68. The molecule has 1 heterocycles. The van der Waals surface area contributed by atoms with Crippen molar-refractivity contribution in [2.75, 3.05) is 29.9 Å². The molecule has 3 amide bonds. The first-order valence-corrected chi connectivity index (χ1v) is 7.47. The number of carbonyl (C=O) groups is 3. The van der Waals surface area contributed by atoms with Crippen molar-refractivity contribution < 1.29 is 14.4 Å². The molecule has 1 aromatic rings. The minimum Gasteiger partial charge on any atom is -0.370 e. The van der Waals surface area contributed by atoms with Crippen molar-refractivity contribution in [1.29, 1.82) is 0 Å². The van der Waals surface area contributed by atoms with E-state index in [1.807, 2.05) is 31.2 Å². The molecule has 1 saturated heterocycles. The Hall–Kier alpha value is -2.37. The summed E-state index contributed by atoms with van der Waals surface area (Å²) in [7, 11) is 0. The molecule has 1 N–H and O–H groups in total. The van der Waals surface area contributed by atoms with E-state index in [4.69, 9.17) is 0 Å². The second kappa shape index (κ2) is 7.06. The zero-order valence-corrected chi connectivity index (χ0v) is 13.0. The molecular weight excluding hydrogens is 282 g/mol. The maximum Gasteiger partial charge on any atom is 0.229 e. The van der Waals surface area contributed by atoms with E-state index in [1.165, 1.54) is 11.8 Å². The Kier molecular flexibility index (Phi) is 5.14. The van der Waals surface area contributed by atoms with E-state index in [0.29, 0.717) is 25.9 Å². The van der Waals surface area contributed by atoms with Crippen molar-refractivity contribution >= 4 is 29.1 Å². The lowest BCUT2D eigenvalue weighted by atomic mass is 10.2. The molecule has 6 nitrogen and oxygen atoms in total. The van der Waals surface area contributed by atoms with Gasteiger partial charge in [-0.05, 0) is 25.1 Å². The van der Waals surface area contributed by atoms with Crippen LogP contribution in [-0.4, -0.2) is 42.3 Å². The highest BCUT2D eigenvalue weighted by Gasteiger charge is 2.28. The lowest BCUT2D eigenvalue weighted by molar-refractivity contribution is -0.138. The zero-order valence-electron chi connectivity index (χ0n) is 13.0. The predicted octanol–water partition coefficient (Wildman–Crippen LogP) is 1.62. The van der Waals surface area contributed by atoms with Crippen LogP contribution in [0.3, 0.4) is 0 Å². The van der Waals surface area contributed by atoms with E-state index in [9.17, 15) is 14.4 Å². The Morgan fingerprint density at radius 2 is 1.95 bits per heavy atom. The molecule has 1 aromatic carbocycles. The summed E-state index contributed by atoms with van der Waals surface area (Å²) >= 11 is 0. The highest BCUT2D eigenvalue weighted by Crippen LogP contribution is 2.20. The van der Waals surface area contributed by atoms with E-state index in [-0.39, 0.29) is 17.7 Å². The summed E-state index contributed by atoms with van der Waals surface area (Å²) in [6.07, 6.45) is 0.645. The summed E-state index contributed by atoms with van der Waals surface area (Å²) in [6, 6.07) is 7.53. The lowest BCUT2D eigenvalue weighted by Gasteiger charge is -2.26. The van der Waals surface area contributed by atoms with Crippen LogP contribution in [0, 0.1) is 0 Å². The van der Waals surface area contributed by atoms with Crippen LogP contribution < -0.4 is 10.2 Å². The van der Waals surface area contributed by atoms with Gasteiger partial charge < -0.3 is 10.2 Å². The second-order valence-corrected chi connectivity index (χ2v) is 5.25. The fourth-order valence-electron chi connectivity index (χ4n) is 2.55. The molecule has 0 bridgehead atoms. The quantitative estimate of drug-likeness (QED) is 0.811. The standard InChI is InChI=1S/C16H21N3O3/c1-3-18(9-10-19-15(21)7-8-16(19)22)14-6-4-5-13(11-14)17-12(2)20/h4-6,11H,3,7-10H2,1-2H3,(H,17,20). The van der Waals surface area contributed by atoms with Crippen LogP contribution in [0.15, 0.2) is 24.3 Å². The van der Waals surface area contributed by atoms with E-state index in [0.717, 1.165) is 17.9 Å². The average Bonchev–Trinajstić information content (AvgIpc) is 2.79. The second-order valence-electron chi connectivity index (χ2n) is 5.25. The van der Waals surface area contributed by atoms with Gasteiger partial charge in [-0.1, -0.05) is 6.07 Å². The van der Waals surface area contributed by atoms with Crippen LogP contribution in [0.25, 0.3) is 0 Å². The van der Waals surface area contributed by atoms with Gasteiger partial charge in [-0.2, -0.15) is 0 Å². The van der Waals surface area contributed by atoms with Crippen molar-refractivity contribution in [3.8, 4) is 0 Å². The van der Waals surface area contributed by atoms with Crippen LogP contribution in [0.1, 0.15) is 26.7 Å². The number of benzene rings is 1. The Labute approximate surface area is 130 Å². The first-order chi connectivity index (χ1) is 10.5. The molecule has 0 spiro atoms. The summed E-state index contributed by atoms with van der Waals surface area (Å²) in [4.78, 5) is 37.8. The SMILES string of the molecule is CCN(CCN1C(=O)CCC1=O)c1cccc(NC(C)=O)c1. The Balaban J connectivity index is 2.03. The summed E-state index contributed by atoms with van der Waals surface area (Å²) in [5, 5.41) is 2.75. The first-order valence-electron chi connectivity index (χ1n) is 7.47. The van der Waals surface area contributed by atoms with Crippen LogP contribution in [0.2, 0.25) is 0 Å². The van der Waals surface area contributed by atoms with Gasteiger partial charge in [0.1, 0.15) is 0 Å². The number of nitrogens with zero attached hydrogens (tertiary/aromatic N) is 2. The van der Waals surface area contributed by atoms with E-state index in [1.54, 1.807) is 0 Å². The third-order valence-electron chi connectivity index (χ3n) is 3.66. The minimum atomic E-state index is -0.117. The van der Waals surface area contributed by atoms with Gasteiger partial charge in [-0.15, -0.1) is 0 Å². The number of anilines is 2. The molecule has 118 valence electrons. The molecule has 6 heteroatoms. The molecule has 0 radical (unpaired) electrons. The number of likely N-dealkylation sites (N-methyl/N-ethyl adjacent to an activating group) is 1. The van der Waals surface area contributed by atoms with Crippen molar-refractivity contribution in [1.82, 2.24) is 4.90 Å². The minimum absolute atomic E-state index is 0.0898. The molecule has 0 aliphatic carbocycles. The normalized spacial score (nSPS) is 14.4. The topological polar surface area (TPSA) is 69.7 Å². The summed E-state index contributed by atoms with van der Waals surface area (Å²) in [6.45, 7) is 5.21. The Bertz CT molecular complexity index is 570. The molecule has 0 atom stereocenters. The molecule has 2 rings (SSSR count). The smallest absolute Gasteiger partial charge is 0.229 e. The van der Waals surface area contributed by atoms with Crippen molar-refractivity contribution in [3.63, 3.8) is 0 Å². The van der Waals surface area contributed by atoms with Crippen LogP contribution >= 0.6 is 0 Å². The predicted molar refractivity (Wildman–Crippen MR) is 84.6 cm³/mol. The van der Waals surface area contributed by atoms with Gasteiger partial charge in [-0.25, -0.2) is 0 Å². The van der Waals surface area contributed by atoms with Crippen LogP contribution in [0.5, 0.6) is 0 Å². The molecule has 1 aliphatic rings. The van der Waals surface area contributed by atoms with Crippen molar-refractivity contribution in [2.45, 2.75) is 26.7 Å². The lowest BCUT2D eigenvalue weighted by Crippen LogP contribution is -2.38. The number of likely N-dealkylation sites (tertiary alicyclic amines) is 1. The van der Waals surface area contributed by atoms with E-state index < -0.39 is 0 Å².